The maximum Gasteiger partial charge on any atom is 0.143 e. The predicted molar refractivity (Wildman–Crippen MR) is 128 cm³/mol. The summed E-state index contributed by atoms with van der Waals surface area (Å²) in [7, 11) is 1.93. The Morgan fingerprint density at radius 2 is 1.79 bits per heavy atom. The Bertz CT molecular complexity index is 1420. The molecule has 0 atom stereocenters. The molecule has 0 fully saturated rings. The van der Waals surface area contributed by atoms with Crippen molar-refractivity contribution < 1.29 is 26.2 Å². The minimum absolute atomic E-state index is 0. The molecule has 168 valence electrons. The number of phenols is 1. The molecule has 1 N–H and O–H groups in total. The first-order valence-corrected chi connectivity index (χ1v) is 10.8. The monoisotopic (exact) mass is 613 g/mol. The molecule has 0 spiro atoms. The zero-order valence-electron chi connectivity index (χ0n) is 18.5. The number of hydrogen-bond acceptors (Lipinski definition) is 3. The largest absolute Gasteiger partial charge is 0.507 e. The van der Waals surface area contributed by atoms with Gasteiger partial charge in [0.15, 0.2) is 0 Å². The molecule has 0 aliphatic heterocycles. The van der Waals surface area contributed by atoms with Crippen LogP contribution in [0.5, 0.6) is 5.75 Å². The molecular formula is C28H24N3OPt-. The van der Waals surface area contributed by atoms with Crippen molar-refractivity contribution in [3.8, 4) is 28.4 Å². The van der Waals surface area contributed by atoms with Gasteiger partial charge < -0.3 is 14.7 Å². The van der Waals surface area contributed by atoms with Crippen molar-refractivity contribution in [1.82, 2.24) is 14.5 Å². The Hall–Kier alpha value is -3.23. The van der Waals surface area contributed by atoms with Crippen LogP contribution >= 0.6 is 0 Å². The van der Waals surface area contributed by atoms with Crippen LogP contribution in [0.1, 0.15) is 16.8 Å². The number of pyridine rings is 1. The quantitative estimate of drug-likeness (QED) is 0.251. The fraction of sp³-hybridized carbons (Fsp3) is 0.143. The van der Waals surface area contributed by atoms with Crippen LogP contribution in [-0.2, 0) is 41.0 Å². The molecule has 0 amide bonds. The maximum absolute atomic E-state index is 10.9. The Balaban J connectivity index is 0.00000259. The average molecular weight is 614 g/mol. The average Bonchev–Trinajstić information content (AvgIpc) is 3.24. The fourth-order valence-corrected chi connectivity index (χ4v) is 4.11. The fourth-order valence-electron chi connectivity index (χ4n) is 4.11. The number of fused-ring (bicyclic) bond motifs is 1. The zero-order valence-corrected chi connectivity index (χ0v) is 20.8. The van der Waals surface area contributed by atoms with Crippen molar-refractivity contribution >= 4 is 10.8 Å². The van der Waals surface area contributed by atoms with E-state index in [-0.39, 0.29) is 26.8 Å². The van der Waals surface area contributed by atoms with E-state index in [0.717, 1.165) is 45.9 Å². The number of benzene rings is 3. The van der Waals surface area contributed by atoms with Crippen LogP contribution in [0, 0.1) is 13.0 Å². The van der Waals surface area contributed by atoms with E-state index >= 15 is 0 Å². The molecule has 4 nitrogen and oxygen atoms in total. The van der Waals surface area contributed by atoms with Crippen molar-refractivity contribution in [1.29, 1.82) is 0 Å². The van der Waals surface area contributed by atoms with E-state index in [4.69, 9.17) is 4.98 Å². The van der Waals surface area contributed by atoms with Gasteiger partial charge in [-0.25, -0.2) is 4.98 Å². The summed E-state index contributed by atoms with van der Waals surface area (Å²) in [6, 6.07) is 25.9. The van der Waals surface area contributed by atoms with Gasteiger partial charge in [-0.1, -0.05) is 53.4 Å². The van der Waals surface area contributed by atoms with Crippen LogP contribution in [-0.4, -0.2) is 19.6 Å². The minimum atomic E-state index is 0. The van der Waals surface area contributed by atoms with E-state index in [2.05, 4.69) is 48.3 Å². The van der Waals surface area contributed by atoms with E-state index in [1.165, 1.54) is 10.8 Å². The Morgan fingerprint density at radius 3 is 2.58 bits per heavy atom. The van der Waals surface area contributed by atoms with Gasteiger partial charge in [0, 0.05) is 46.2 Å². The van der Waals surface area contributed by atoms with Crippen molar-refractivity contribution in [2.45, 2.75) is 19.8 Å². The van der Waals surface area contributed by atoms with E-state index < -0.39 is 0 Å². The van der Waals surface area contributed by atoms with Crippen LogP contribution in [0.3, 0.4) is 0 Å². The first kappa shape index (κ1) is 22.9. The second-order valence-corrected chi connectivity index (χ2v) is 8.12. The molecule has 0 bridgehead atoms. The molecule has 0 radical (unpaired) electrons. The zero-order chi connectivity index (χ0) is 22.1. The van der Waals surface area contributed by atoms with Crippen molar-refractivity contribution in [3.05, 3.63) is 102 Å². The van der Waals surface area contributed by atoms with Crippen LogP contribution in [0.25, 0.3) is 33.4 Å². The normalized spacial score (nSPS) is 10.8. The summed E-state index contributed by atoms with van der Waals surface area (Å²) >= 11 is 0. The van der Waals surface area contributed by atoms with Gasteiger partial charge in [-0.15, -0.1) is 29.1 Å². The third kappa shape index (κ3) is 4.62. The smallest absolute Gasteiger partial charge is 0.143 e. The van der Waals surface area contributed by atoms with Gasteiger partial charge >= 0.3 is 0 Å². The Labute approximate surface area is 208 Å². The number of aryl methyl sites for hydroxylation is 4. The molecule has 0 unspecified atom stereocenters. The summed E-state index contributed by atoms with van der Waals surface area (Å²) < 4.78 is 1.91. The molecule has 2 heterocycles. The van der Waals surface area contributed by atoms with Crippen molar-refractivity contribution in [2.75, 3.05) is 0 Å². The molecular weight excluding hydrogens is 589 g/mol. The molecule has 5 aromatic rings. The number of phenolic OH excluding ortho intramolecular Hbond substituents is 1. The topological polar surface area (TPSA) is 50.9 Å². The molecule has 3 aromatic carbocycles. The second kappa shape index (κ2) is 9.72. The molecule has 33 heavy (non-hydrogen) atoms. The van der Waals surface area contributed by atoms with Crippen LogP contribution < -0.4 is 0 Å². The molecule has 5 rings (SSSR count). The van der Waals surface area contributed by atoms with Crippen molar-refractivity contribution in [3.63, 3.8) is 0 Å². The maximum atomic E-state index is 10.9. The number of hydrogen-bond donors (Lipinski definition) is 1. The summed E-state index contributed by atoms with van der Waals surface area (Å²) in [4.78, 5) is 9.32. The third-order valence-corrected chi connectivity index (χ3v) is 5.92. The number of para-hydroxylation sites is 1. The number of aromatic nitrogens is 3. The van der Waals surface area contributed by atoms with Gasteiger partial charge in [0.25, 0.3) is 0 Å². The SMILES string of the molecule is Cc1ccc(CCc2cccc(-c3nccn3C)c2O)nc1-c1[c-]cc2ccccc2c1.[Pt]. The summed E-state index contributed by atoms with van der Waals surface area (Å²) in [5.74, 6) is 1.05. The molecule has 0 aliphatic rings. The predicted octanol–water partition coefficient (Wildman–Crippen LogP) is 5.90. The number of imidazole rings is 1. The van der Waals surface area contributed by atoms with Gasteiger partial charge in [-0.2, -0.15) is 0 Å². The number of aromatic hydroxyl groups is 1. The van der Waals surface area contributed by atoms with Gasteiger partial charge in [0.2, 0.25) is 0 Å². The summed E-state index contributed by atoms with van der Waals surface area (Å²) in [5, 5.41) is 13.2. The molecule has 5 heteroatoms. The first-order valence-electron chi connectivity index (χ1n) is 10.8. The van der Waals surface area contributed by atoms with Gasteiger partial charge in [0.1, 0.15) is 11.6 Å². The number of rotatable bonds is 5. The molecule has 2 aromatic heterocycles. The standard InChI is InChI=1S/C28H24N3O.Pt/c1-19-10-14-24(30-26(19)23-12-11-20-6-3-4-7-22(20)18-23)15-13-21-8-5-9-25(27(21)32)28-29-16-17-31(28)2;/h3-11,14,16-18,32H,13,15H2,1-2H3;/q-1;. The van der Waals surface area contributed by atoms with Gasteiger partial charge in [-0.05, 0) is 43.2 Å². The first-order chi connectivity index (χ1) is 15.6. The van der Waals surface area contributed by atoms with Crippen LogP contribution in [0.15, 0.2) is 79.1 Å². The van der Waals surface area contributed by atoms with E-state index in [9.17, 15) is 5.11 Å². The van der Waals surface area contributed by atoms with Crippen LogP contribution in [0.2, 0.25) is 0 Å². The summed E-state index contributed by atoms with van der Waals surface area (Å²) in [5.41, 5.74) is 5.72. The van der Waals surface area contributed by atoms with Gasteiger partial charge in [-0.3, -0.25) is 0 Å². The van der Waals surface area contributed by atoms with E-state index in [1.54, 1.807) is 6.20 Å². The minimum Gasteiger partial charge on any atom is -0.507 e. The number of nitrogens with zero attached hydrogens (tertiary/aromatic N) is 3. The van der Waals surface area contributed by atoms with E-state index in [1.807, 2.05) is 54.2 Å². The molecule has 0 saturated carbocycles. The van der Waals surface area contributed by atoms with E-state index in [0.29, 0.717) is 6.42 Å². The third-order valence-electron chi connectivity index (χ3n) is 5.92. The van der Waals surface area contributed by atoms with Crippen LogP contribution in [0.4, 0.5) is 0 Å². The summed E-state index contributed by atoms with van der Waals surface area (Å²) in [6.07, 6.45) is 5.05. The van der Waals surface area contributed by atoms with Gasteiger partial charge in [0.05, 0.1) is 5.56 Å². The second-order valence-electron chi connectivity index (χ2n) is 8.12. The summed E-state index contributed by atoms with van der Waals surface area (Å²) in [6.45, 7) is 2.08. The van der Waals surface area contributed by atoms with Crippen molar-refractivity contribution in [2.24, 2.45) is 7.05 Å². The Morgan fingerprint density at radius 1 is 0.970 bits per heavy atom. The molecule has 0 saturated heterocycles. The molecule has 0 aliphatic carbocycles. The Kier molecular flexibility index (Phi) is 6.76.